The Hall–Kier alpha value is -3.74. The van der Waals surface area contributed by atoms with E-state index in [0.717, 1.165) is 5.56 Å². The Bertz CT molecular complexity index is 1310. The molecule has 0 fully saturated rings. The zero-order valence-electron chi connectivity index (χ0n) is 17.3. The third-order valence-electron chi connectivity index (χ3n) is 5.13. The lowest BCUT2D eigenvalue weighted by molar-refractivity contribution is -0.152. The maximum absolute atomic E-state index is 13.9. The average molecular weight is 440 g/mol. The Morgan fingerprint density at radius 1 is 0.938 bits per heavy atom. The van der Waals surface area contributed by atoms with Gasteiger partial charge in [0.25, 0.3) is 0 Å². The largest absolute Gasteiger partial charge is 0.497 e. The van der Waals surface area contributed by atoms with Crippen LogP contribution in [-0.4, -0.2) is 7.11 Å². The van der Waals surface area contributed by atoms with Gasteiger partial charge in [0.1, 0.15) is 23.7 Å². The summed E-state index contributed by atoms with van der Waals surface area (Å²) in [6.07, 6.45) is -4.87. The number of aryl methyl sites for hydroxylation is 1. The van der Waals surface area contributed by atoms with Gasteiger partial charge in [0.15, 0.2) is 0 Å². The summed E-state index contributed by atoms with van der Waals surface area (Å²) in [4.78, 5) is 13.2. The predicted molar refractivity (Wildman–Crippen MR) is 115 cm³/mol. The molecule has 4 rings (SSSR count). The molecule has 0 saturated carbocycles. The van der Waals surface area contributed by atoms with Crippen molar-refractivity contribution in [1.29, 1.82) is 0 Å². The van der Waals surface area contributed by atoms with Gasteiger partial charge in [0.05, 0.1) is 18.1 Å². The fourth-order valence-corrected chi connectivity index (χ4v) is 3.49. The van der Waals surface area contributed by atoms with Crippen molar-refractivity contribution >= 4 is 11.0 Å². The molecule has 32 heavy (non-hydrogen) atoms. The highest BCUT2D eigenvalue weighted by atomic mass is 19.4. The lowest BCUT2D eigenvalue weighted by Crippen LogP contribution is -2.16. The summed E-state index contributed by atoms with van der Waals surface area (Å²) in [6, 6.07) is 18.1. The van der Waals surface area contributed by atoms with Gasteiger partial charge in [-0.1, -0.05) is 42.5 Å². The first-order valence-electron chi connectivity index (χ1n) is 9.78. The van der Waals surface area contributed by atoms with E-state index in [1.807, 2.05) is 30.3 Å². The monoisotopic (exact) mass is 440 g/mol. The van der Waals surface area contributed by atoms with Crippen molar-refractivity contribution in [3.8, 4) is 22.6 Å². The lowest BCUT2D eigenvalue weighted by atomic mass is 10.0. The second kappa shape index (κ2) is 8.42. The Morgan fingerprint density at radius 2 is 1.62 bits per heavy atom. The van der Waals surface area contributed by atoms with Crippen LogP contribution in [0.4, 0.5) is 13.2 Å². The molecule has 1 heterocycles. The molecule has 7 heteroatoms. The Kier molecular flexibility index (Phi) is 5.65. The quantitative estimate of drug-likeness (QED) is 0.362. The van der Waals surface area contributed by atoms with E-state index in [1.54, 1.807) is 13.0 Å². The minimum Gasteiger partial charge on any atom is -0.497 e. The number of fused-ring (bicyclic) bond motifs is 1. The van der Waals surface area contributed by atoms with Gasteiger partial charge in [-0.05, 0) is 42.3 Å². The van der Waals surface area contributed by atoms with E-state index >= 15 is 0 Å². The summed E-state index contributed by atoms with van der Waals surface area (Å²) in [6.45, 7) is 1.80. The molecule has 0 radical (unpaired) electrons. The van der Waals surface area contributed by atoms with Crippen LogP contribution in [0.2, 0.25) is 0 Å². The third-order valence-corrected chi connectivity index (χ3v) is 5.13. The highest BCUT2D eigenvalue weighted by molar-refractivity contribution is 5.86. The van der Waals surface area contributed by atoms with E-state index < -0.39 is 22.9 Å². The molecule has 0 aliphatic rings. The Balaban J connectivity index is 1.85. The molecule has 0 N–H and O–H groups in total. The number of hydrogen-bond acceptors (Lipinski definition) is 4. The third kappa shape index (κ3) is 4.06. The zero-order valence-corrected chi connectivity index (χ0v) is 17.3. The Labute approximate surface area is 181 Å². The van der Waals surface area contributed by atoms with Crippen molar-refractivity contribution in [2.75, 3.05) is 7.11 Å². The van der Waals surface area contributed by atoms with Gasteiger partial charge in [-0.2, -0.15) is 13.2 Å². The second-order valence-corrected chi connectivity index (χ2v) is 7.20. The molecule has 3 aromatic carbocycles. The van der Waals surface area contributed by atoms with Crippen molar-refractivity contribution in [1.82, 2.24) is 0 Å². The highest BCUT2D eigenvalue weighted by Gasteiger charge is 2.39. The number of alkyl halides is 3. The predicted octanol–water partition coefficient (Wildman–Crippen LogP) is 6.37. The first-order chi connectivity index (χ1) is 15.3. The lowest BCUT2D eigenvalue weighted by Gasteiger charge is -2.15. The van der Waals surface area contributed by atoms with Crippen molar-refractivity contribution < 1.29 is 27.1 Å². The Morgan fingerprint density at radius 3 is 2.25 bits per heavy atom. The minimum atomic E-state index is -4.87. The van der Waals surface area contributed by atoms with E-state index in [2.05, 4.69) is 0 Å². The van der Waals surface area contributed by atoms with Crippen molar-refractivity contribution in [2.45, 2.75) is 19.7 Å². The highest BCUT2D eigenvalue weighted by Crippen LogP contribution is 2.39. The first-order valence-corrected chi connectivity index (χ1v) is 9.78. The SMILES string of the molecule is COc1ccc(-c2c(C(F)(F)F)oc3c(C)c(OCc4ccccc4)ccc3c2=O)cc1. The molecular formula is C25H19F3O4. The van der Waals surface area contributed by atoms with Crippen LogP contribution in [0.15, 0.2) is 75.9 Å². The molecule has 0 aliphatic carbocycles. The summed E-state index contributed by atoms with van der Waals surface area (Å²) >= 11 is 0. The minimum absolute atomic E-state index is 0.0494. The average Bonchev–Trinajstić information content (AvgIpc) is 2.79. The van der Waals surface area contributed by atoms with Gasteiger partial charge < -0.3 is 13.9 Å². The van der Waals surface area contributed by atoms with Gasteiger partial charge >= 0.3 is 6.18 Å². The zero-order chi connectivity index (χ0) is 22.9. The summed E-state index contributed by atoms with van der Waals surface area (Å²) in [5, 5.41) is 0.0494. The molecule has 4 aromatic rings. The van der Waals surface area contributed by atoms with Crippen LogP contribution in [0.3, 0.4) is 0 Å². The van der Waals surface area contributed by atoms with E-state index in [0.29, 0.717) is 17.1 Å². The molecule has 164 valence electrons. The van der Waals surface area contributed by atoms with Gasteiger partial charge in [0, 0.05) is 5.56 Å². The van der Waals surface area contributed by atoms with Crippen LogP contribution < -0.4 is 14.9 Å². The van der Waals surface area contributed by atoms with Crippen LogP contribution in [-0.2, 0) is 12.8 Å². The summed E-state index contributed by atoms with van der Waals surface area (Å²) < 4.78 is 57.9. The van der Waals surface area contributed by atoms with E-state index in [9.17, 15) is 18.0 Å². The van der Waals surface area contributed by atoms with Gasteiger partial charge in [0.2, 0.25) is 11.2 Å². The number of ether oxygens (including phenoxy) is 2. The number of methoxy groups -OCH3 is 1. The molecule has 0 bridgehead atoms. The molecule has 4 nitrogen and oxygen atoms in total. The summed E-state index contributed by atoms with van der Waals surface area (Å²) in [7, 11) is 1.45. The summed E-state index contributed by atoms with van der Waals surface area (Å²) in [5.41, 5.74) is -0.131. The molecule has 0 spiro atoms. The van der Waals surface area contributed by atoms with Crippen LogP contribution in [0.5, 0.6) is 11.5 Å². The molecule has 0 aliphatic heterocycles. The van der Waals surface area contributed by atoms with E-state index in [-0.39, 0.29) is 23.1 Å². The number of hydrogen-bond donors (Lipinski definition) is 0. The molecule has 0 saturated heterocycles. The maximum atomic E-state index is 13.9. The second-order valence-electron chi connectivity index (χ2n) is 7.20. The number of halogens is 3. The van der Waals surface area contributed by atoms with Gasteiger partial charge in [-0.25, -0.2) is 0 Å². The first kappa shape index (κ1) is 21.5. The van der Waals surface area contributed by atoms with Crippen LogP contribution >= 0.6 is 0 Å². The maximum Gasteiger partial charge on any atom is 0.450 e. The molecule has 0 unspecified atom stereocenters. The fourth-order valence-electron chi connectivity index (χ4n) is 3.49. The van der Waals surface area contributed by atoms with E-state index in [4.69, 9.17) is 13.9 Å². The molecular weight excluding hydrogens is 421 g/mol. The topological polar surface area (TPSA) is 48.7 Å². The molecule has 0 amide bonds. The van der Waals surface area contributed by atoms with Crippen LogP contribution in [0.1, 0.15) is 16.9 Å². The fraction of sp³-hybridized carbons (Fsp3) is 0.160. The summed E-state index contributed by atoms with van der Waals surface area (Å²) in [5.74, 6) is -0.540. The van der Waals surface area contributed by atoms with Crippen LogP contribution in [0, 0.1) is 6.92 Å². The van der Waals surface area contributed by atoms with Gasteiger partial charge in [-0.3, -0.25) is 4.79 Å². The normalized spacial score (nSPS) is 11.5. The molecule has 0 atom stereocenters. The molecule has 1 aromatic heterocycles. The smallest absolute Gasteiger partial charge is 0.450 e. The van der Waals surface area contributed by atoms with Crippen molar-refractivity contribution in [2.24, 2.45) is 0 Å². The number of benzene rings is 3. The van der Waals surface area contributed by atoms with Crippen LogP contribution in [0.25, 0.3) is 22.1 Å². The number of rotatable bonds is 5. The van der Waals surface area contributed by atoms with Gasteiger partial charge in [-0.15, -0.1) is 0 Å². The van der Waals surface area contributed by atoms with E-state index in [1.165, 1.54) is 37.4 Å². The van der Waals surface area contributed by atoms with Crippen molar-refractivity contribution in [3.05, 3.63) is 93.8 Å². The standard InChI is InChI=1S/C25H19F3O4/c1-15-20(31-14-16-6-4-3-5-7-16)13-12-19-22(29)21(17-8-10-18(30-2)11-9-17)24(25(26,27)28)32-23(15)19/h3-13H,14H2,1-2H3. The van der Waals surface area contributed by atoms with Crippen molar-refractivity contribution in [3.63, 3.8) is 0 Å².